The molecule has 0 spiro atoms. The van der Waals surface area contributed by atoms with Crippen molar-refractivity contribution >= 4 is 122 Å². The molecular weight excluding hydrogens is 1360 g/mol. The Morgan fingerprint density at radius 2 is 1.57 bits per heavy atom. The van der Waals surface area contributed by atoms with Gasteiger partial charge in [0.05, 0.1) is 72.8 Å². The number of fused-ring (bicyclic) bond motifs is 1. The topological polar surface area (TPSA) is 324 Å². The molecule has 2 amide bonds. The van der Waals surface area contributed by atoms with Crippen LogP contribution in [0.4, 0.5) is 49.2 Å². The maximum Gasteiger partial charge on any atom is 0.416 e. The summed E-state index contributed by atoms with van der Waals surface area (Å²) in [6.07, 6.45) is -4.05. The first-order valence-corrected chi connectivity index (χ1v) is 33.1. The predicted molar refractivity (Wildman–Crippen MR) is 331 cm³/mol. The van der Waals surface area contributed by atoms with Crippen LogP contribution in [0.15, 0.2) is 94.6 Å². The SMILES string of the molecule is CC1COc2ccccc2N1C(=O)C(Cl)Cl.CCc1cccc(C)c1N(C(=O)CCl)C(C)COC.CP(=O)(O)CCC(N)C(=O)O.CS(=O)(=O)c1cc(C(F)(F)F)ccc1C(=O)c1cnoc1C1CC1.Nc1c([N+](=O)[O-])cnn1-c1c(Cl)cc(C(F)(F)F)cc1Cl. The van der Waals surface area contributed by atoms with Crippen LogP contribution in [0.1, 0.15) is 89.9 Å². The molecule has 1 aliphatic heterocycles. The fraction of sp³-hybridized carbons (Fsp3) is 0.393. The molecule has 0 saturated heterocycles. The number of sulfone groups is 1. The van der Waals surface area contributed by atoms with E-state index in [0.717, 1.165) is 65.0 Å². The average Bonchev–Trinajstić information content (AvgIpc) is 1.92. The Hall–Kier alpha value is -6.53. The van der Waals surface area contributed by atoms with Crippen LogP contribution in [0.5, 0.6) is 5.75 Å². The minimum Gasteiger partial charge on any atom is -0.489 e. The molecule has 498 valence electrons. The van der Waals surface area contributed by atoms with Crippen LogP contribution >= 0.6 is 65.4 Å². The molecule has 2 aliphatic rings. The van der Waals surface area contributed by atoms with Gasteiger partial charge < -0.3 is 45.3 Å². The standard InChI is InChI=1S/C15H22ClNO2.C15H12F3NO4S.C11H11Cl2NO2.C10H5Cl2F3N4O2.C5H12NO4P/c1-5-13-8-6-7-11(2)15(13)17(14(18)9-16)12(3)10-19-4;1-24(21,22)12-6-9(15(16,17)18)4-5-10(12)13(20)11-7-19-23-14(11)8-2-3-8;1-7-6-16-9-5-3-2-4-8(9)14(7)11(15)10(12)13;11-5-1-4(10(13,14)15)2-6(12)8(5)18-9(16)7(3-17-18)19(20)21;1-11(9,10)3-2-4(6)5(7)8/h6-8,12H,5,9-10H2,1-4H3;4-8H,2-3H2,1H3;2-5,7,10H,6H2,1H3;1-3H,16H2;4H,2-3,6H2,1H3,(H,7,8)(H,9,10). The number of anilines is 3. The molecule has 0 radical (unpaired) electrons. The summed E-state index contributed by atoms with van der Waals surface area (Å²) in [4.78, 5) is 67.1. The largest absolute Gasteiger partial charge is 0.489 e. The maximum absolute atomic E-state index is 12.8. The van der Waals surface area contributed by atoms with Gasteiger partial charge in [0, 0.05) is 37.7 Å². The molecular formula is C56H62Cl5F6N8O14PS. The van der Waals surface area contributed by atoms with Gasteiger partial charge in [0.25, 0.3) is 5.91 Å². The lowest BCUT2D eigenvalue weighted by atomic mass is 10.0. The van der Waals surface area contributed by atoms with Crippen LogP contribution in [-0.4, -0.2) is 130 Å². The van der Waals surface area contributed by atoms with Crippen LogP contribution in [0.2, 0.25) is 10.0 Å². The number of rotatable bonds is 17. The minimum atomic E-state index is -4.71. The van der Waals surface area contributed by atoms with Gasteiger partial charge in [0.2, 0.25) is 11.7 Å². The van der Waals surface area contributed by atoms with E-state index in [0.29, 0.717) is 49.0 Å². The highest BCUT2D eigenvalue weighted by molar-refractivity contribution is 7.90. The van der Waals surface area contributed by atoms with E-state index in [1.54, 1.807) is 16.9 Å². The molecule has 6 N–H and O–H groups in total. The number of carbonyl (C=O) groups excluding carboxylic acids is 3. The van der Waals surface area contributed by atoms with Crippen LogP contribution < -0.4 is 26.0 Å². The minimum absolute atomic E-state index is 0.0223. The number of benzene rings is 4. The van der Waals surface area contributed by atoms with Gasteiger partial charge in [-0.3, -0.25) is 33.9 Å². The first-order chi connectivity index (χ1) is 42.2. The molecule has 22 nitrogen and oxygen atoms in total. The fourth-order valence-corrected chi connectivity index (χ4v) is 11.2. The lowest BCUT2D eigenvalue weighted by Gasteiger charge is -2.35. The van der Waals surface area contributed by atoms with E-state index >= 15 is 0 Å². The van der Waals surface area contributed by atoms with Gasteiger partial charge in [-0.2, -0.15) is 31.4 Å². The van der Waals surface area contributed by atoms with Crippen molar-refractivity contribution in [3.63, 3.8) is 0 Å². The number of aromatic nitrogens is 3. The Labute approximate surface area is 543 Å². The van der Waals surface area contributed by atoms with Crippen LogP contribution in [0.3, 0.4) is 0 Å². The molecule has 91 heavy (non-hydrogen) atoms. The average molecular weight is 1430 g/mol. The lowest BCUT2D eigenvalue weighted by Crippen LogP contribution is -2.47. The van der Waals surface area contributed by atoms with E-state index in [2.05, 4.69) is 23.2 Å². The highest BCUT2D eigenvalue weighted by Gasteiger charge is 2.38. The summed E-state index contributed by atoms with van der Waals surface area (Å²) in [5.41, 5.74) is 11.4. The fourth-order valence-electron chi connectivity index (χ4n) is 8.56. The third-order valence-corrected chi connectivity index (χ3v) is 16.5. The van der Waals surface area contributed by atoms with Gasteiger partial charge in [-0.1, -0.05) is 88.8 Å². The van der Waals surface area contributed by atoms with Crippen molar-refractivity contribution in [1.82, 2.24) is 14.9 Å². The number of hydrogen-bond donors (Lipinski definition) is 4. The summed E-state index contributed by atoms with van der Waals surface area (Å²) < 4.78 is 127. The number of carboxylic acids is 1. The third kappa shape index (κ3) is 21.2. The van der Waals surface area contributed by atoms with Crippen molar-refractivity contribution in [3.8, 4) is 11.4 Å². The zero-order valence-corrected chi connectivity index (χ0v) is 54.8. The van der Waals surface area contributed by atoms with Crippen molar-refractivity contribution in [2.75, 3.05) is 60.8 Å². The number of hydrogen-bond acceptors (Lipinski definition) is 16. The second-order valence-electron chi connectivity index (χ2n) is 20.3. The first kappa shape index (κ1) is 76.9. The van der Waals surface area contributed by atoms with Gasteiger partial charge in [0.15, 0.2) is 33.6 Å². The number of halogens is 11. The summed E-state index contributed by atoms with van der Waals surface area (Å²) in [6, 6.07) is 15.6. The maximum atomic E-state index is 12.8. The zero-order chi connectivity index (χ0) is 68.8. The molecule has 1 saturated carbocycles. The second-order valence-corrected chi connectivity index (χ2v) is 27.1. The molecule has 4 atom stereocenters. The number of nitro groups is 1. The number of nitrogens with zero attached hydrogens (tertiary/aromatic N) is 6. The number of nitrogens with two attached hydrogens (primary N) is 2. The van der Waals surface area contributed by atoms with Crippen molar-refractivity contribution in [2.24, 2.45) is 5.73 Å². The monoisotopic (exact) mass is 1420 g/mol. The number of alkyl halides is 9. The molecule has 4 unspecified atom stereocenters. The number of methoxy groups -OCH3 is 1. The molecule has 2 aromatic heterocycles. The summed E-state index contributed by atoms with van der Waals surface area (Å²) in [5.74, 6) is -1.60. The van der Waals surface area contributed by atoms with Crippen molar-refractivity contribution in [2.45, 2.75) is 99.5 Å². The number of carboxylic acid groups (broad SMARTS) is 1. The number of amides is 2. The second kappa shape index (κ2) is 32.8. The lowest BCUT2D eigenvalue weighted by molar-refractivity contribution is -0.383. The molecule has 3 heterocycles. The normalized spacial score (nSPS) is 15.0. The number of ketones is 1. The van der Waals surface area contributed by atoms with E-state index in [1.165, 1.54) is 12.9 Å². The van der Waals surface area contributed by atoms with E-state index < -0.39 is 84.6 Å². The zero-order valence-electron chi connectivity index (χ0n) is 49.3. The molecule has 8 rings (SSSR count). The number of aliphatic carboxylic acids is 1. The quantitative estimate of drug-likeness (QED) is 0.0165. The van der Waals surface area contributed by atoms with Gasteiger partial charge in [-0.05, 0) is 100 Å². The summed E-state index contributed by atoms with van der Waals surface area (Å²) in [6.45, 7) is 10.1. The van der Waals surface area contributed by atoms with Crippen LogP contribution in [0.25, 0.3) is 5.69 Å². The molecule has 4 aromatic carbocycles. The van der Waals surface area contributed by atoms with Crippen molar-refractivity contribution < 1.29 is 87.4 Å². The molecule has 6 aromatic rings. The van der Waals surface area contributed by atoms with Gasteiger partial charge in [0.1, 0.15) is 36.2 Å². The summed E-state index contributed by atoms with van der Waals surface area (Å²) in [7, 11) is -5.51. The van der Waals surface area contributed by atoms with E-state index in [9.17, 15) is 68.6 Å². The Kier molecular flexibility index (Phi) is 27.8. The first-order valence-electron chi connectivity index (χ1n) is 26.7. The van der Waals surface area contributed by atoms with Crippen molar-refractivity contribution in [1.29, 1.82) is 0 Å². The number of aryl methyl sites for hydroxylation is 2. The van der Waals surface area contributed by atoms with Crippen LogP contribution in [-0.2, 0) is 52.3 Å². The smallest absolute Gasteiger partial charge is 0.416 e. The Balaban J connectivity index is 0.000000248. The number of nitrogen functional groups attached to an aromatic ring is 1. The van der Waals surface area contributed by atoms with E-state index in [1.807, 2.05) is 57.2 Å². The van der Waals surface area contributed by atoms with Crippen molar-refractivity contribution in [3.05, 3.63) is 144 Å². The van der Waals surface area contributed by atoms with Gasteiger partial charge in [-0.25, -0.2) is 13.1 Å². The predicted octanol–water partition coefficient (Wildman–Crippen LogP) is 12.4. The van der Waals surface area contributed by atoms with Crippen LogP contribution in [0, 0.1) is 17.0 Å². The van der Waals surface area contributed by atoms with Gasteiger partial charge in [-0.15, -0.1) is 11.6 Å². The molecule has 0 bridgehead atoms. The third-order valence-electron chi connectivity index (χ3n) is 13.1. The number of carbonyl (C=O) groups is 4. The highest BCUT2D eigenvalue weighted by atomic mass is 35.5. The Bertz CT molecular complexity index is 3720. The summed E-state index contributed by atoms with van der Waals surface area (Å²) in [5, 5.41) is 25.4. The van der Waals surface area contributed by atoms with Gasteiger partial charge >= 0.3 is 24.0 Å². The summed E-state index contributed by atoms with van der Waals surface area (Å²) >= 11 is 28.5. The number of ether oxygens (including phenoxy) is 2. The molecule has 35 heteroatoms. The Morgan fingerprint density at radius 1 is 0.967 bits per heavy atom. The molecule has 1 aliphatic carbocycles. The molecule has 1 fully saturated rings. The Morgan fingerprint density at radius 3 is 2.07 bits per heavy atom. The highest BCUT2D eigenvalue weighted by Crippen LogP contribution is 2.44. The van der Waals surface area contributed by atoms with E-state index in [4.69, 9.17) is 93.5 Å². The number of para-hydroxylation sites is 3. The van der Waals surface area contributed by atoms with E-state index in [-0.39, 0.29) is 75.1 Å².